The molecule has 0 fully saturated rings. The van der Waals surface area contributed by atoms with Crippen molar-refractivity contribution < 1.29 is 24.0 Å². The Hall–Kier alpha value is -0.0500. The predicted octanol–water partition coefficient (Wildman–Crippen LogP) is 4.19. The van der Waals surface area contributed by atoms with E-state index in [1.165, 1.54) is 38.2 Å². The van der Waals surface area contributed by atoms with E-state index in [1.54, 1.807) is 0 Å². The fraction of sp³-hybridized carbons (Fsp3) is 0.846. The molecule has 0 aliphatic rings. The first-order chi connectivity index (χ1) is 9.37. The van der Waals surface area contributed by atoms with E-state index in [4.69, 9.17) is 9.79 Å². The molecule has 3 N–H and O–H groups in total. The second-order valence-electron chi connectivity index (χ2n) is 4.99. The first-order valence-electron chi connectivity index (χ1n) is 7.17. The molecule has 1 unspecified atom stereocenters. The summed E-state index contributed by atoms with van der Waals surface area (Å²) in [5, 5.41) is 6.93. The first kappa shape index (κ1) is 19.9. The lowest BCUT2D eigenvalue weighted by Crippen LogP contribution is -2.17. The molecule has 1 atom stereocenters. The van der Waals surface area contributed by atoms with Crippen molar-refractivity contribution in [2.45, 2.75) is 69.8 Å². The van der Waals surface area contributed by atoms with Gasteiger partial charge in [0.1, 0.15) is 0 Å². The average Bonchev–Trinajstić information content (AvgIpc) is 2.39. The zero-order valence-electron chi connectivity index (χ0n) is 12.1. The summed E-state index contributed by atoms with van der Waals surface area (Å²) >= 11 is 0. The quantitative estimate of drug-likeness (QED) is 0.284. The minimum absolute atomic E-state index is 0.618. The number of allylic oxidation sites excluding steroid dienone is 1. The van der Waals surface area contributed by atoms with Crippen LogP contribution in [0.4, 0.5) is 0 Å². The van der Waals surface area contributed by atoms with E-state index in [2.05, 4.69) is 6.92 Å². The van der Waals surface area contributed by atoms with Gasteiger partial charge >= 0.3 is 7.60 Å². The van der Waals surface area contributed by atoms with Gasteiger partial charge in [-0.15, -0.1) is 0 Å². The van der Waals surface area contributed by atoms with Gasteiger partial charge in [0.15, 0.2) is 0 Å². The van der Waals surface area contributed by atoms with Crippen LogP contribution in [0.5, 0.6) is 0 Å². The van der Waals surface area contributed by atoms with Crippen LogP contribution in [-0.2, 0) is 9.13 Å². The van der Waals surface area contributed by atoms with Gasteiger partial charge in [-0.1, -0.05) is 57.9 Å². The molecular weight excluding hydrogens is 298 g/mol. The second kappa shape index (κ2) is 10.6. The minimum Gasteiger partial charge on any atom is -0.365 e. The Morgan fingerprint density at radius 3 is 2.00 bits per heavy atom. The highest BCUT2D eigenvalue weighted by Gasteiger charge is 2.44. The summed E-state index contributed by atoms with van der Waals surface area (Å²) < 4.78 is 21.6. The van der Waals surface area contributed by atoms with Crippen LogP contribution in [0.2, 0.25) is 0 Å². The van der Waals surface area contributed by atoms with Crippen molar-refractivity contribution >= 4 is 16.1 Å². The zero-order chi connectivity index (χ0) is 15.5. The third-order valence-electron chi connectivity index (χ3n) is 3.13. The predicted molar refractivity (Wildman–Crippen MR) is 81.0 cm³/mol. The zero-order valence-corrected chi connectivity index (χ0v) is 13.9. The summed E-state index contributed by atoms with van der Waals surface area (Å²) in [6.07, 6.45) is 12.5. The lowest BCUT2D eigenvalue weighted by molar-refractivity contribution is 0.206. The number of aliphatic hydroxyl groups is 1. The molecule has 0 aromatic heterocycles. The molecule has 0 heterocycles. The van der Waals surface area contributed by atoms with Crippen molar-refractivity contribution in [1.29, 1.82) is 0 Å². The van der Waals surface area contributed by atoms with E-state index in [0.29, 0.717) is 6.42 Å². The normalized spacial score (nSPS) is 15.8. The fourth-order valence-electron chi connectivity index (χ4n) is 1.82. The molecular formula is C13H26O5P2. The number of unbranched alkanes of at least 4 members (excludes halogenated alkanes) is 8. The molecule has 0 bridgehead atoms. The molecule has 0 aromatic carbocycles. The summed E-state index contributed by atoms with van der Waals surface area (Å²) in [7, 11) is -5.80. The van der Waals surface area contributed by atoms with Crippen molar-refractivity contribution in [1.82, 2.24) is 0 Å². The third-order valence-corrected chi connectivity index (χ3v) is 5.58. The molecule has 0 amide bonds. The largest absolute Gasteiger partial charge is 0.372 e. The maximum atomic E-state index is 11.0. The van der Waals surface area contributed by atoms with Crippen LogP contribution in [0, 0.1) is 0 Å². The van der Waals surface area contributed by atoms with Crippen LogP contribution in [0.3, 0.4) is 0 Å². The van der Waals surface area contributed by atoms with Gasteiger partial charge in [0.25, 0.3) is 5.08 Å². The Labute approximate surface area is 122 Å². The average molecular weight is 324 g/mol. The molecule has 0 radical (unpaired) electrons. The van der Waals surface area contributed by atoms with Gasteiger partial charge in [-0.25, -0.2) is 0 Å². The molecule has 7 heteroatoms. The van der Waals surface area contributed by atoms with Gasteiger partial charge in [0, 0.05) is 0 Å². The van der Waals surface area contributed by atoms with Crippen LogP contribution < -0.4 is 0 Å². The van der Waals surface area contributed by atoms with E-state index in [-0.39, 0.29) is 0 Å². The minimum atomic E-state index is -4.82. The van der Waals surface area contributed by atoms with Crippen molar-refractivity contribution in [3.8, 4) is 0 Å². The van der Waals surface area contributed by atoms with E-state index < -0.39 is 21.1 Å². The number of rotatable bonds is 12. The van der Waals surface area contributed by atoms with Crippen molar-refractivity contribution in [3.05, 3.63) is 12.2 Å². The first-order valence-corrected chi connectivity index (χ1v) is 9.60. The summed E-state index contributed by atoms with van der Waals surface area (Å²) in [5.74, 6) is 0. The summed E-state index contributed by atoms with van der Waals surface area (Å²) in [6.45, 7) is 2.19. The molecule has 0 spiro atoms. The second-order valence-corrected chi connectivity index (χ2v) is 7.98. The van der Waals surface area contributed by atoms with Crippen molar-refractivity contribution in [2.75, 3.05) is 0 Å². The number of hydrogen-bond donors (Lipinski definition) is 3. The SMILES string of the molecule is CCCCCCCCCCC=CC(O)(P=O)P(=O)(O)O. The van der Waals surface area contributed by atoms with Crippen LogP contribution in [0.1, 0.15) is 64.7 Å². The molecule has 0 aliphatic heterocycles. The van der Waals surface area contributed by atoms with Crippen LogP contribution in [0.25, 0.3) is 0 Å². The Balaban J connectivity index is 3.76. The molecule has 0 rings (SSSR count). The Bertz CT molecular complexity index is 340. The maximum Gasteiger partial charge on any atom is 0.372 e. The third kappa shape index (κ3) is 8.28. The highest BCUT2D eigenvalue weighted by molar-refractivity contribution is 7.63. The monoisotopic (exact) mass is 324 g/mol. The van der Waals surface area contributed by atoms with Crippen LogP contribution >= 0.6 is 16.1 Å². The molecule has 118 valence electrons. The Morgan fingerprint density at radius 1 is 1.05 bits per heavy atom. The molecule has 0 aromatic rings. The van der Waals surface area contributed by atoms with Gasteiger partial charge < -0.3 is 14.9 Å². The van der Waals surface area contributed by atoms with Gasteiger partial charge in [-0.2, -0.15) is 0 Å². The van der Waals surface area contributed by atoms with Crippen LogP contribution in [0.15, 0.2) is 12.2 Å². The Morgan fingerprint density at radius 2 is 1.55 bits per heavy atom. The van der Waals surface area contributed by atoms with Gasteiger partial charge in [-0.3, -0.25) is 9.13 Å². The fourth-order valence-corrected chi connectivity index (χ4v) is 2.71. The van der Waals surface area contributed by atoms with E-state index in [1.807, 2.05) is 0 Å². The summed E-state index contributed by atoms with van der Waals surface area (Å²) in [4.78, 5) is 17.8. The maximum absolute atomic E-state index is 11.0. The lowest BCUT2D eigenvalue weighted by atomic mass is 10.1. The van der Waals surface area contributed by atoms with Gasteiger partial charge in [-0.05, 0) is 18.9 Å². The summed E-state index contributed by atoms with van der Waals surface area (Å²) in [5.41, 5.74) is 0. The molecule has 0 saturated carbocycles. The van der Waals surface area contributed by atoms with E-state index in [0.717, 1.165) is 25.3 Å². The smallest absolute Gasteiger partial charge is 0.365 e. The van der Waals surface area contributed by atoms with Crippen molar-refractivity contribution in [3.63, 3.8) is 0 Å². The lowest BCUT2D eigenvalue weighted by Gasteiger charge is -2.17. The van der Waals surface area contributed by atoms with Crippen LogP contribution in [-0.4, -0.2) is 20.0 Å². The highest BCUT2D eigenvalue weighted by atomic mass is 31.2. The summed E-state index contributed by atoms with van der Waals surface area (Å²) in [6, 6.07) is 0. The van der Waals surface area contributed by atoms with Crippen molar-refractivity contribution in [2.24, 2.45) is 0 Å². The van der Waals surface area contributed by atoms with Gasteiger partial charge in [0.2, 0.25) is 8.46 Å². The van der Waals surface area contributed by atoms with E-state index in [9.17, 15) is 14.2 Å². The molecule has 5 nitrogen and oxygen atoms in total. The highest BCUT2D eigenvalue weighted by Crippen LogP contribution is 2.55. The standard InChI is InChI=1S/C13H26O5P2/c1-2-3-4-5-6-7-8-9-10-11-12-13(14,19-15)20(16,17)18/h11-12,14H,2-10H2,1H3,(H2,16,17,18). The number of hydrogen-bond acceptors (Lipinski definition) is 3. The van der Waals surface area contributed by atoms with E-state index >= 15 is 0 Å². The molecule has 0 saturated heterocycles. The molecule has 20 heavy (non-hydrogen) atoms. The Kier molecular flexibility index (Phi) is 10.6. The molecule has 0 aliphatic carbocycles. The topological polar surface area (TPSA) is 94.8 Å². The van der Waals surface area contributed by atoms with Gasteiger partial charge in [0.05, 0.1) is 0 Å².